The highest BCUT2D eigenvalue weighted by Gasteiger charge is 2.10. The Bertz CT molecular complexity index is 858. The van der Waals surface area contributed by atoms with Crippen LogP contribution in [0.4, 0.5) is 0 Å². The second kappa shape index (κ2) is 5.79. The number of aromatic amines is 1. The SMILES string of the molecule is COCc1nc(-c2ccc3ccccc3c2)[nH]c(=O)c1Br. The zero-order valence-electron chi connectivity index (χ0n) is 11.4. The van der Waals surface area contributed by atoms with Gasteiger partial charge in [-0.1, -0.05) is 36.4 Å². The number of ether oxygens (including phenoxy) is 1. The maximum Gasteiger partial charge on any atom is 0.265 e. The Hall–Kier alpha value is -1.98. The summed E-state index contributed by atoms with van der Waals surface area (Å²) in [6.07, 6.45) is 0. The minimum Gasteiger partial charge on any atom is -0.378 e. The molecule has 0 atom stereocenters. The van der Waals surface area contributed by atoms with Gasteiger partial charge in [0, 0.05) is 12.7 Å². The van der Waals surface area contributed by atoms with Crippen molar-refractivity contribution in [3.8, 4) is 11.4 Å². The van der Waals surface area contributed by atoms with Crippen molar-refractivity contribution in [2.45, 2.75) is 6.61 Å². The topological polar surface area (TPSA) is 55.0 Å². The van der Waals surface area contributed by atoms with Crippen molar-refractivity contribution in [3.05, 3.63) is 63.0 Å². The molecule has 0 aliphatic heterocycles. The van der Waals surface area contributed by atoms with Crippen LogP contribution in [0.3, 0.4) is 0 Å². The van der Waals surface area contributed by atoms with Crippen LogP contribution in [0.1, 0.15) is 5.69 Å². The van der Waals surface area contributed by atoms with E-state index in [9.17, 15) is 4.79 Å². The predicted molar refractivity (Wildman–Crippen MR) is 86.2 cm³/mol. The van der Waals surface area contributed by atoms with Gasteiger partial charge in [0.25, 0.3) is 5.56 Å². The van der Waals surface area contributed by atoms with E-state index in [4.69, 9.17) is 4.74 Å². The molecule has 0 amide bonds. The molecule has 0 saturated carbocycles. The van der Waals surface area contributed by atoms with Crippen LogP contribution in [0, 0.1) is 0 Å². The van der Waals surface area contributed by atoms with Crippen molar-refractivity contribution in [3.63, 3.8) is 0 Å². The molecule has 3 aromatic rings. The average molecular weight is 345 g/mol. The molecule has 0 spiro atoms. The Morgan fingerprint density at radius 3 is 2.71 bits per heavy atom. The lowest BCUT2D eigenvalue weighted by Crippen LogP contribution is -2.14. The number of nitrogens with zero attached hydrogens (tertiary/aromatic N) is 1. The van der Waals surface area contributed by atoms with E-state index in [-0.39, 0.29) is 12.2 Å². The number of halogens is 1. The Morgan fingerprint density at radius 2 is 1.95 bits per heavy atom. The summed E-state index contributed by atoms with van der Waals surface area (Å²) in [5.41, 5.74) is 1.25. The molecular formula is C16H13BrN2O2. The van der Waals surface area contributed by atoms with E-state index in [0.717, 1.165) is 16.3 Å². The molecule has 3 rings (SSSR count). The molecule has 0 bridgehead atoms. The van der Waals surface area contributed by atoms with Crippen LogP contribution in [0.2, 0.25) is 0 Å². The van der Waals surface area contributed by atoms with Crippen LogP contribution in [-0.4, -0.2) is 17.1 Å². The van der Waals surface area contributed by atoms with Gasteiger partial charge in [0.15, 0.2) is 0 Å². The highest BCUT2D eigenvalue weighted by Crippen LogP contribution is 2.22. The standard InChI is InChI=1S/C16H13BrN2O2/c1-21-9-13-14(17)16(20)19-15(18-13)12-7-6-10-4-2-3-5-11(10)8-12/h2-8H,9H2,1H3,(H,18,19,20). The maximum absolute atomic E-state index is 12.0. The molecule has 1 heterocycles. The van der Waals surface area contributed by atoms with E-state index in [1.54, 1.807) is 7.11 Å². The van der Waals surface area contributed by atoms with Crippen molar-refractivity contribution in [1.82, 2.24) is 9.97 Å². The van der Waals surface area contributed by atoms with Crippen molar-refractivity contribution in [2.75, 3.05) is 7.11 Å². The summed E-state index contributed by atoms with van der Waals surface area (Å²) < 4.78 is 5.49. The lowest BCUT2D eigenvalue weighted by molar-refractivity contribution is 0.180. The van der Waals surface area contributed by atoms with Crippen molar-refractivity contribution < 1.29 is 4.74 Å². The zero-order valence-corrected chi connectivity index (χ0v) is 13.0. The number of hydrogen-bond acceptors (Lipinski definition) is 3. The highest BCUT2D eigenvalue weighted by molar-refractivity contribution is 9.10. The van der Waals surface area contributed by atoms with Gasteiger partial charge in [0.1, 0.15) is 10.3 Å². The molecule has 21 heavy (non-hydrogen) atoms. The van der Waals surface area contributed by atoms with Gasteiger partial charge < -0.3 is 9.72 Å². The van der Waals surface area contributed by atoms with Crippen LogP contribution in [0.5, 0.6) is 0 Å². The van der Waals surface area contributed by atoms with E-state index in [1.807, 2.05) is 42.5 Å². The van der Waals surface area contributed by atoms with Gasteiger partial charge in [0.05, 0.1) is 12.3 Å². The molecule has 0 saturated heterocycles. The van der Waals surface area contributed by atoms with E-state index in [0.29, 0.717) is 16.0 Å². The van der Waals surface area contributed by atoms with Gasteiger partial charge in [0.2, 0.25) is 0 Å². The average Bonchev–Trinajstić information content (AvgIpc) is 2.51. The number of fused-ring (bicyclic) bond motifs is 1. The smallest absolute Gasteiger partial charge is 0.265 e. The van der Waals surface area contributed by atoms with Gasteiger partial charge in [-0.3, -0.25) is 4.79 Å². The normalized spacial score (nSPS) is 11.0. The first-order chi connectivity index (χ1) is 10.2. The summed E-state index contributed by atoms with van der Waals surface area (Å²) >= 11 is 3.24. The Kier molecular flexibility index (Phi) is 3.86. The summed E-state index contributed by atoms with van der Waals surface area (Å²) in [6.45, 7) is 0.283. The third-order valence-corrected chi connectivity index (χ3v) is 4.05. The van der Waals surface area contributed by atoms with Crippen molar-refractivity contribution in [1.29, 1.82) is 0 Å². The van der Waals surface area contributed by atoms with Crippen LogP contribution in [-0.2, 0) is 11.3 Å². The van der Waals surface area contributed by atoms with E-state index in [2.05, 4.69) is 25.9 Å². The fraction of sp³-hybridized carbons (Fsp3) is 0.125. The molecule has 0 unspecified atom stereocenters. The molecule has 0 radical (unpaired) electrons. The Balaban J connectivity index is 2.15. The third kappa shape index (κ3) is 2.75. The third-order valence-electron chi connectivity index (χ3n) is 3.24. The second-order valence-corrected chi connectivity index (χ2v) is 5.46. The van der Waals surface area contributed by atoms with Crippen LogP contribution in [0.25, 0.3) is 22.2 Å². The zero-order chi connectivity index (χ0) is 14.8. The molecule has 106 valence electrons. The van der Waals surface area contributed by atoms with Crippen molar-refractivity contribution in [2.24, 2.45) is 0 Å². The molecule has 5 heteroatoms. The number of rotatable bonds is 3. The number of nitrogens with one attached hydrogen (secondary N) is 1. The van der Waals surface area contributed by atoms with Crippen LogP contribution < -0.4 is 5.56 Å². The summed E-state index contributed by atoms with van der Waals surface area (Å²) in [5, 5.41) is 2.26. The quantitative estimate of drug-likeness (QED) is 0.791. The largest absolute Gasteiger partial charge is 0.378 e. The number of hydrogen-bond donors (Lipinski definition) is 1. The van der Waals surface area contributed by atoms with Crippen molar-refractivity contribution >= 4 is 26.7 Å². The minimum atomic E-state index is -0.208. The maximum atomic E-state index is 12.0. The lowest BCUT2D eigenvalue weighted by Gasteiger charge is -2.07. The van der Waals surface area contributed by atoms with E-state index in [1.165, 1.54) is 0 Å². The van der Waals surface area contributed by atoms with Gasteiger partial charge in [-0.15, -0.1) is 0 Å². The van der Waals surface area contributed by atoms with E-state index < -0.39 is 0 Å². The molecular weight excluding hydrogens is 332 g/mol. The van der Waals surface area contributed by atoms with Gasteiger partial charge >= 0.3 is 0 Å². The molecule has 0 aliphatic carbocycles. The number of methoxy groups -OCH3 is 1. The van der Waals surface area contributed by atoms with Gasteiger partial charge in [-0.05, 0) is 32.8 Å². The fourth-order valence-corrected chi connectivity index (χ4v) is 2.51. The number of H-pyrrole nitrogens is 1. The monoisotopic (exact) mass is 344 g/mol. The van der Waals surface area contributed by atoms with Crippen LogP contribution >= 0.6 is 15.9 Å². The Labute approximate surface area is 129 Å². The lowest BCUT2D eigenvalue weighted by atomic mass is 10.1. The summed E-state index contributed by atoms with van der Waals surface area (Å²) in [7, 11) is 1.57. The van der Waals surface area contributed by atoms with Gasteiger partial charge in [-0.2, -0.15) is 0 Å². The number of aromatic nitrogens is 2. The summed E-state index contributed by atoms with van der Waals surface area (Å²) in [5.74, 6) is 0.543. The molecule has 1 N–H and O–H groups in total. The molecule has 2 aromatic carbocycles. The first-order valence-electron chi connectivity index (χ1n) is 6.46. The summed E-state index contributed by atoms with van der Waals surface area (Å²) in [4.78, 5) is 19.2. The summed E-state index contributed by atoms with van der Waals surface area (Å²) in [6, 6.07) is 14.0. The predicted octanol–water partition coefficient (Wildman–Crippen LogP) is 3.50. The van der Waals surface area contributed by atoms with Crippen LogP contribution in [0.15, 0.2) is 51.7 Å². The fourth-order valence-electron chi connectivity index (χ4n) is 2.21. The highest BCUT2D eigenvalue weighted by atomic mass is 79.9. The minimum absolute atomic E-state index is 0.208. The first kappa shape index (κ1) is 14.0. The second-order valence-electron chi connectivity index (χ2n) is 4.67. The molecule has 0 fully saturated rings. The molecule has 1 aromatic heterocycles. The van der Waals surface area contributed by atoms with E-state index >= 15 is 0 Å². The first-order valence-corrected chi connectivity index (χ1v) is 7.25. The molecule has 0 aliphatic rings. The van der Waals surface area contributed by atoms with Gasteiger partial charge in [-0.25, -0.2) is 4.98 Å². The molecule has 4 nitrogen and oxygen atoms in total. The number of benzene rings is 2. The Morgan fingerprint density at radius 1 is 1.19 bits per heavy atom.